The molecule has 0 aliphatic carbocycles. The van der Waals surface area contributed by atoms with E-state index >= 15 is 0 Å². The molecule has 1 aromatic heterocycles. The van der Waals surface area contributed by atoms with Gasteiger partial charge in [0.15, 0.2) is 0 Å². The standard InChI is InChI=1S/C9H17N5O2/c1-3-6-13-9(11-5-4-10)8(14(15)16)7(2)12-13/h11H,3-6,10H2,1-2H3. The Morgan fingerprint density at radius 3 is 2.81 bits per heavy atom. The van der Waals surface area contributed by atoms with Crippen molar-refractivity contribution >= 4 is 11.5 Å². The van der Waals surface area contributed by atoms with Crippen molar-refractivity contribution in [1.82, 2.24) is 9.78 Å². The van der Waals surface area contributed by atoms with Gasteiger partial charge >= 0.3 is 5.69 Å². The number of nitrogens with zero attached hydrogens (tertiary/aromatic N) is 3. The van der Waals surface area contributed by atoms with Gasteiger partial charge in [0.1, 0.15) is 5.69 Å². The Hall–Kier alpha value is -1.63. The van der Waals surface area contributed by atoms with Gasteiger partial charge < -0.3 is 11.1 Å². The van der Waals surface area contributed by atoms with Gasteiger partial charge in [-0.05, 0) is 13.3 Å². The first-order chi connectivity index (χ1) is 7.61. The second-order valence-corrected chi connectivity index (χ2v) is 3.48. The Morgan fingerprint density at radius 1 is 1.62 bits per heavy atom. The largest absolute Gasteiger partial charge is 0.363 e. The predicted octanol–water partition coefficient (Wildman–Crippen LogP) is 0.880. The second kappa shape index (κ2) is 5.45. The minimum atomic E-state index is -0.409. The maximum absolute atomic E-state index is 10.9. The molecule has 0 saturated heterocycles. The fourth-order valence-corrected chi connectivity index (χ4v) is 1.53. The highest BCUT2D eigenvalue weighted by Crippen LogP contribution is 2.27. The fourth-order valence-electron chi connectivity index (χ4n) is 1.53. The first-order valence-corrected chi connectivity index (χ1v) is 5.27. The molecule has 16 heavy (non-hydrogen) atoms. The molecular weight excluding hydrogens is 210 g/mol. The van der Waals surface area contributed by atoms with Gasteiger partial charge in [-0.15, -0.1) is 0 Å². The van der Waals surface area contributed by atoms with Crippen LogP contribution < -0.4 is 11.1 Å². The lowest BCUT2D eigenvalue weighted by Gasteiger charge is -2.06. The molecule has 0 aliphatic rings. The summed E-state index contributed by atoms with van der Waals surface area (Å²) in [5, 5.41) is 18.0. The van der Waals surface area contributed by atoms with Gasteiger partial charge in [0, 0.05) is 19.6 Å². The minimum absolute atomic E-state index is 0.0434. The number of hydrogen-bond acceptors (Lipinski definition) is 5. The molecule has 7 heteroatoms. The molecule has 0 aromatic carbocycles. The van der Waals surface area contributed by atoms with Crippen LogP contribution in [0.5, 0.6) is 0 Å². The first-order valence-electron chi connectivity index (χ1n) is 5.27. The van der Waals surface area contributed by atoms with Gasteiger partial charge in [-0.25, -0.2) is 4.68 Å². The molecule has 0 amide bonds. The Balaban J connectivity index is 3.09. The summed E-state index contributed by atoms with van der Waals surface area (Å²) in [6.45, 7) is 5.21. The summed E-state index contributed by atoms with van der Waals surface area (Å²) in [7, 11) is 0. The van der Waals surface area contributed by atoms with Crippen LogP contribution in [0, 0.1) is 17.0 Å². The molecule has 3 N–H and O–H groups in total. The number of nitrogens with one attached hydrogen (secondary N) is 1. The molecule has 0 atom stereocenters. The summed E-state index contributed by atoms with van der Waals surface area (Å²) in [5.41, 5.74) is 5.84. The van der Waals surface area contributed by atoms with Crippen LogP contribution in [-0.4, -0.2) is 27.8 Å². The van der Waals surface area contributed by atoms with Crippen molar-refractivity contribution in [1.29, 1.82) is 0 Å². The second-order valence-electron chi connectivity index (χ2n) is 3.48. The molecule has 7 nitrogen and oxygen atoms in total. The third-order valence-electron chi connectivity index (χ3n) is 2.15. The van der Waals surface area contributed by atoms with Crippen LogP contribution in [0.1, 0.15) is 19.0 Å². The number of anilines is 1. The van der Waals surface area contributed by atoms with Crippen LogP contribution in [0.15, 0.2) is 0 Å². The topological polar surface area (TPSA) is 99.0 Å². The lowest BCUT2D eigenvalue weighted by molar-refractivity contribution is -0.384. The maximum atomic E-state index is 10.9. The van der Waals surface area contributed by atoms with Gasteiger partial charge in [0.05, 0.1) is 4.92 Å². The van der Waals surface area contributed by atoms with E-state index in [1.54, 1.807) is 11.6 Å². The molecule has 90 valence electrons. The molecule has 1 aromatic rings. The highest BCUT2D eigenvalue weighted by Gasteiger charge is 2.24. The van der Waals surface area contributed by atoms with Crippen LogP contribution in [0.25, 0.3) is 0 Å². The van der Waals surface area contributed by atoms with E-state index in [1.807, 2.05) is 6.92 Å². The van der Waals surface area contributed by atoms with Crippen molar-refractivity contribution in [2.45, 2.75) is 26.8 Å². The van der Waals surface area contributed by atoms with E-state index in [0.29, 0.717) is 31.1 Å². The lowest BCUT2D eigenvalue weighted by atomic mass is 10.4. The normalized spacial score (nSPS) is 10.4. The average molecular weight is 227 g/mol. The molecule has 0 fully saturated rings. The molecular formula is C9H17N5O2. The molecule has 0 spiro atoms. The summed E-state index contributed by atoms with van der Waals surface area (Å²) < 4.78 is 1.63. The third kappa shape index (κ3) is 2.48. The SMILES string of the molecule is CCCn1nc(C)c([N+](=O)[O-])c1NCCN. The Kier molecular flexibility index (Phi) is 4.24. The molecule has 0 bridgehead atoms. The quantitative estimate of drug-likeness (QED) is 0.555. The number of nitrogens with two attached hydrogens (primary N) is 1. The van der Waals surface area contributed by atoms with Gasteiger partial charge in [0.2, 0.25) is 5.82 Å². The highest BCUT2D eigenvalue weighted by molar-refractivity contribution is 5.59. The lowest BCUT2D eigenvalue weighted by Crippen LogP contribution is -2.16. The maximum Gasteiger partial charge on any atom is 0.333 e. The summed E-state index contributed by atoms with van der Waals surface area (Å²) >= 11 is 0. The monoisotopic (exact) mass is 227 g/mol. The van der Waals surface area contributed by atoms with Gasteiger partial charge in [0.25, 0.3) is 0 Å². The van der Waals surface area contributed by atoms with E-state index in [1.165, 1.54) is 0 Å². The van der Waals surface area contributed by atoms with E-state index in [2.05, 4.69) is 10.4 Å². The number of aryl methyl sites for hydroxylation is 2. The smallest absolute Gasteiger partial charge is 0.333 e. The van der Waals surface area contributed by atoms with Crippen LogP contribution in [0.4, 0.5) is 11.5 Å². The molecule has 0 radical (unpaired) electrons. The number of nitro groups is 1. The zero-order valence-electron chi connectivity index (χ0n) is 9.56. The summed E-state index contributed by atoms with van der Waals surface area (Å²) in [5.74, 6) is 0.454. The van der Waals surface area contributed by atoms with E-state index in [4.69, 9.17) is 5.73 Å². The predicted molar refractivity (Wildman–Crippen MR) is 61.5 cm³/mol. The molecule has 1 heterocycles. The van der Waals surface area contributed by atoms with Gasteiger partial charge in [-0.3, -0.25) is 10.1 Å². The van der Waals surface area contributed by atoms with Gasteiger partial charge in [-0.1, -0.05) is 6.92 Å². The Bertz CT molecular complexity index is 374. The van der Waals surface area contributed by atoms with Crippen LogP contribution >= 0.6 is 0 Å². The van der Waals surface area contributed by atoms with Crippen molar-refractivity contribution in [3.8, 4) is 0 Å². The molecule has 1 rings (SSSR count). The van der Waals surface area contributed by atoms with E-state index in [-0.39, 0.29) is 5.69 Å². The van der Waals surface area contributed by atoms with Crippen molar-refractivity contribution < 1.29 is 4.92 Å². The fraction of sp³-hybridized carbons (Fsp3) is 0.667. The summed E-state index contributed by atoms with van der Waals surface area (Å²) in [6.07, 6.45) is 0.871. The Morgan fingerprint density at radius 2 is 2.31 bits per heavy atom. The van der Waals surface area contributed by atoms with Crippen molar-refractivity contribution in [2.75, 3.05) is 18.4 Å². The number of hydrogen-bond donors (Lipinski definition) is 2. The van der Waals surface area contributed by atoms with E-state index < -0.39 is 4.92 Å². The average Bonchev–Trinajstić information content (AvgIpc) is 2.52. The summed E-state index contributed by atoms with van der Waals surface area (Å²) in [4.78, 5) is 10.5. The van der Waals surface area contributed by atoms with E-state index in [9.17, 15) is 10.1 Å². The third-order valence-corrected chi connectivity index (χ3v) is 2.15. The van der Waals surface area contributed by atoms with E-state index in [0.717, 1.165) is 6.42 Å². The number of aromatic nitrogens is 2. The van der Waals surface area contributed by atoms with Crippen molar-refractivity contribution in [3.63, 3.8) is 0 Å². The van der Waals surface area contributed by atoms with Crippen molar-refractivity contribution in [2.24, 2.45) is 5.73 Å². The Labute approximate surface area is 93.8 Å². The molecule has 0 aliphatic heterocycles. The zero-order valence-corrected chi connectivity index (χ0v) is 9.56. The number of rotatable bonds is 6. The van der Waals surface area contributed by atoms with Crippen LogP contribution in [0.2, 0.25) is 0 Å². The van der Waals surface area contributed by atoms with Gasteiger partial charge in [-0.2, -0.15) is 5.10 Å². The van der Waals surface area contributed by atoms with Crippen molar-refractivity contribution in [3.05, 3.63) is 15.8 Å². The van der Waals surface area contributed by atoms with Crippen LogP contribution in [0.3, 0.4) is 0 Å². The first kappa shape index (κ1) is 12.4. The molecule has 0 saturated carbocycles. The minimum Gasteiger partial charge on any atom is -0.363 e. The highest BCUT2D eigenvalue weighted by atomic mass is 16.6. The van der Waals surface area contributed by atoms with Crippen LogP contribution in [-0.2, 0) is 6.54 Å². The summed E-state index contributed by atoms with van der Waals surface area (Å²) in [6, 6.07) is 0. The molecule has 0 unspecified atom stereocenters. The zero-order chi connectivity index (χ0) is 12.1.